The van der Waals surface area contributed by atoms with Gasteiger partial charge in [0.1, 0.15) is 0 Å². The van der Waals surface area contributed by atoms with Crippen LogP contribution in [0.1, 0.15) is 26.7 Å². The molecule has 1 aromatic heterocycles. The molecule has 0 atom stereocenters. The molecule has 0 unspecified atom stereocenters. The lowest BCUT2D eigenvalue weighted by Gasteiger charge is -2.08. The van der Waals surface area contributed by atoms with Gasteiger partial charge in [0, 0.05) is 18.9 Å². The Morgan fingerprint density at radius 1 is 1.50 bits per heavy atom. The number of nitrogens with zero attached hydrogens (tertiary/aromatic N) is 1. The summed E-state index contributed by atoms with van der Waals surface area (Å²) in [4.78, 5) is 3.93. The Kier molecular flexibility index (Phi) is 4.74. The van der Waals surface area contributed by atoms with E-state index < -0.39 is 0 Å². The van der Waals surface area contributed by atoms with Gasteiger partial charge in [0.15, 0.2) is 0 Å². The van der Waals surface area contributed by atoms with Crippen LogP contribution in [-0.2, 0) is 0 Å². The van der Waals surface area contributed by atoms with E-state index in [-0.39, 0.29) is 0 Å². The van der Waals surface area contributed by atoms with Crippen molar-refractivity contribution in [2.75, 3.05) is 11.9 Å². The Bertz CT molecular complexity index is 274. The summed E-state index contributed by atoms with van der Waals surface area (Å²) in [7, 11) is 0. The lowest BCUT2D eigenvalue weighted by molar-refractivity contribution is 0.567. The second-order valence-electron chi connectivity index (χ2n) is 3.82. The molecule has 2 nitrogen and oxygen atoms in total. The molecule has 0 aliphatic carbocycles. The Hall–Kier alpha value is -0.760. The Morgan fingerprint density at radius 3 is 2.93 bits per heavy atom. The summed E-state index contributed by atoms with van der Waals surface area (Å²) in [6, 6.07) is 1.90. The van der Waals surface area contributed by atoms with Crippen LogP contribution in [0.15, 0.2) is 18.5 Å². The van der Waals surface area contributed by atoms with E-state index in [0.717, 1.165) is 18.2 Å². The van der Waals surface area contributed by atoms with Gasteiger partial charge in [-0.1, -0.05) is 25.4 Å². The van der Waals surface area contributed by atoms with Gasteiger partial charge in [-0.25, -0.2) is 0 Å². The van der Waals surface area contributed by atoms with Crippen molar-refractivity contribution < 1.29 is 0 Å². The molecule has 1 rings (SSSR count). The molecule has 1 N–H and O–H groups in total. The van der Waals surface area contributed by atoms with E-state index in [1.54, 1.807) is 12.4 Å². The Morgan fingerprint density at radius 2 is 2.29 bits per heavy atom. The van der Waals surface area contributed by atoms with Crippen molar-refractivity contribution in [3.8, 4) is 0 Å². The maximum atomic E-state index is 5.94. The second-order valence-corrected chi connectivity index (χ2v) is 4.23. The minimum absolute atomic E-state index is 0.692. The summed E-state index contributed by atoms with van der Waals surface area (Å²) >= 11 is 5.94. The van der Waals surface area contributed by atoms with Crippen LogP contribution in [-0.4, -0.2) is 11.5 Å². The van der Waals surface area contributed by atoms with E-state index in [9.17, 15) is 0 Å². The van der Waals surface area contributed by atoms with Crippen LogP contribution >= 0.6 is 11.6 Å². The maximum Gasteiger partial charge on any atom is 0.0820 e. The largest absolute Gasteiger partial charge is 0.384 e. The lowest BCUT2D eigenvalue weighted by atomic mass is 10.1. The van der Waals surface area contributed by atoms with Crippen molar-refractivity contribution in [2.24, 2.45) is 5.92 Å². The van der Waals surface area contributed by atoms with E-state index in [2.05, 4.69) is 24.1 Å². The molecule has 14 heavy (non-hydrogen) atoms. The standard InChI is InChI=1S/C11H17ClN2/c1-9(2)4-3-6-14-11-5-7-13-8-10(11)12/h5,7-9H,3-4,6H2,1-2H3,(H,13,14). The molecule has 0 aromatic carbocycles. The van der Waals surface area contributed by atoms with Gasteiger partial charge in [0.05, 0.1) is 10.7 Å². The number of anilines is 1. The first-order valence-corrected chi connectivity index (χ1v) is 5.41. The molecule has 0 aliphatic heterocycles. The predicted molar refractivity (Wildman–Crippen MR) is 61.8 cm³/mol. The summed E-state index contributed by atoms with van der Waals surface area (Å²) in [6.07, 6.45) is 5.83. The first kappa shape index (κ1) is 11.3. The van der Waals surface area contributed by atoms with Crippen LogP contribution in [0.3, 0.4) is 0 Å². The van der Waals surface area contributed by atoms with Gasteiger partial charge in [-0.05, 0) is 24.8 Å². The molecule has 0 bridgehead atoms. The predicted octanol–water partition coefficient (Wildman–Crippen LogP) is 3.58. The zero-order chi connectivity index (χ0) is 10.4. The molecule has 0 fully saturated rings. The van der Waals surface area contributed by atoms with Crippen molar-refractivity contribution in [3.63, 3.8) is 0 Å². The highest BCUT2D eigenvalue weighted by molar-refractivity contribution is 6.33. The molecule has 1 heterocycles. The number of hydrogen-bond donors (Lipinski definition) is 1. The molecule has 0 spiro atoms. The third-order valence-electron chi connectivity index (χ3n) is 2.05. The molecule has 1 aromatic rings. The van der Waals surface area contributed by atoms with Crippen LogP contribution in [0.4, 0.5) is 5.69 Å². The molecular weight excluding hydrogens is 196 g/mol. The summed E-state index contributed by atoms with van der Waals surface area (Å²) in [5, 5.41) is 3.99. The molecule has 0 aliphatic rings. The molecule has 0 amide bonds. The summed E-state index contributed by atoms with van der Waals surface area (Å²) in [6.45, 7) is 5.45. The summed E-state index contributed by atoms with van der Waals surface area (Å²) in [5.74, 6) is 0.768. The highest BCUT2D eigenvalue weighted by atomic mass is 35.5. The quantitative estimate of drug-likeness (QED) is 0.755. The zero-order valence-electron chi connectivity index (χ0n) is 8.76. The molecule has 3 heteroatoms. The first-order valence-electron chi connectivity index (χ1n) is 5.03. The smallest absolute Gasteiger partial charge is 0.0820 e. The van der Waals surface area contributed by atoms with Crippen LogP contribution in [0.5, 0.6) is 0 Å². The van der Waals surface area contributed by atoms with E-state index in [1.807, 2.05) is 6.07 Å². The number of nitrogens with one attached hydrogen (secondary N) is 1. The van der Waals surface area contributed by atoms with Crippen LogP contribution < -0.4 is 5.32 Å². The van der Waals surface area contributed by atoms with Gasteiger partial charge in [-0.2, -0.15) is 0 Å². The molecule has 0 radical (unpaired) electrons. The van der Waals surface area contributed by atoms with Gasteiger partial charge in [-0.15, -0.1) is 0 Å². The SMILES string of the molecule is CC(C)CCCNc1ccncc1Cl. The fraction of sp³-hybridized carbons (Fsp3) is 0.545. The number of rotatable bonds is 5. The lowest BCUT2D eigenvalue weighted by Crippen LogP contribution is -2.03. The highest BCUT2D eigenvalue weighted by Gasteiger charge is 1.98. The van der Waals surface area contributed by atoms with Crippen molar-refractivity contribution in [1.82, 2.24) is 4.98 Å². The second kappa shape index (κ2) is 5.86. The average molecular weight is 213 g/mol. The van der Waals surface area contributed by atoms with Gasteiger partial charge in [-0.3, -0.25) is 4.98 Å². The number of hydrogen-bond acceptors (Lipinski definition) is 2. The number of pyridine rings is 1. The Labute approximate surface area is 90.7 Å². The molecule has 0 saturated heterocycles. The fourth-order valence-corrected chi connectivity index (χ4v) is 1.44. The molecule has 78 valence electrons. The van der Waals surface area contributed by atoms with Crippen LogP contribution in [0.25, 0.3) is 0 Å². The Balaban J connectivity index is 2.28. The summed E-state index contributed by atoms with van der Waals surface area (Å²) in [5.41, 5.74) is 0.977. The summed E-state index contributed by atoms with van der Waals surface area (Å²) < 4.78 is 0. The van der Waals surface area contributed by atoms with E-state index >= 15 is 0 Å². The van der Waals surface area contributed by atoms with Crippen molar-refractivity contribution in [2.45, 2.75) is 26.7 Å². The molecule has 0 saturated carbocycles. The third-order valence-corrected chi connectivity index (χ3v) is 2.35. The minimum atomic E-state index is 0.692. The van der Waals surface area contributed by atoms with E-state index in [4.69, 9.17) is 11.6 Å². The number of halogens is 1. The maximum absolute atomic E-state index is 5.94. The van der Waals surface area contributed by atoms with Gasteiger partial charge in [0.2, 0.25) is 0 Å². The highest BCUT2D eigenvalue weighted by Crippen LogP contribution is 2.19. The molecular formula is C11H17ClN2. The first-order chi connectivity index (χ1) is 6.70. The van der Waals surface area contributed by atoms with E-state index in [0.29, 0.717) is 5.02 Å². The third kappa shape index (κ3) is 3.97. The van der Waals surface area contributed by atoms with Gasteiger partial charge in [0.25, 0.3) is 0 Å². The average Bonchev–Trinajstić information content (AvgIpc) is 2.15. The normalized spacial score (nSPS) is 10.6. The minimum Gasteiger partial charge on any atom is -0.384 e. The fourth-order valence-electron chi connectivity index (χ4n) is 1.25. The van der Waals surface area contributed by atoms with Crippen molar-refractivity contribution >= 4 is 17.3 Å². The van der Waals surface area contributed by atoms with Crippen LogP contribution in [0.2, 0.25) is 5.02 Å². The van der Waals surface area contributed by atoms with E-state index in [1.165, 1.54) is 12.8 Å². The van der Waals surface area contributed by atoms with Crippen molar-refractivity contribution in [1.29, 1.82) is 0 Å². The van der Waals surface area contributed by atoms with Gasteiger partial charge >= 0.3 is 0 Å². The zero-order valence-corrected chi connectivity index (χ0v) is 9.51. The van der Waals surface area contributed by atoms with Gasteiger partial charge < -0.3 is 5.32 Å². The number of aromatic nitrogens is 1. The van der Waals surface area contributed by atoms with Crippen LogP contribution in [0, 0.1) is 5.92 Å². The van der Waals surface area contributed by atoms with Crippen molar-refractivity contribution in [3.05, 3.63) is 23.5 Å². The monoisotopic (exact) mass is 212 g/mol. The topological polar surface area (TPSA) is 24.9 Å².